The molecule has 0 aliphatic heterocycles. The summed E-state index contributed by atoms with van der Waals surface area (Å²) >= 11 is 0. The van der Waals surface area contributed by atoms with E-state index >= 15 is 0 Å². The van der Waals surface area contributed by atoms with Crippen LogP contribution < -0.4 is 16.6 Å². The summed E-state index contributed by atoms with van der Waals surface area (Å²) in [6.07, 6.45) is 3.57. The number of nitrogens with zero attached hydrogens (tertiary/aromatic N) is 1. The topological polar surface area (TPSA) is 113 Å². The Morgan fingerprint density at radius 2 is 1.77 bits per heavy atom. The van der Waals surface area contributed by atoms with Gasteiger partial charge < -0.3 is 10.3 Å². The lowest BCUT2D eigenvalue weighted by molar-refractivity contribution is -0.121. The number of rotatable bonds is 8. The van der Waals surface area contributed by atoms with Crippen LogP contribution in [0.2, 0.25) is 0 Å². The highest BCUT2D eigenvalue weighted by atomic mass is 19.1. The number of halogens is 2. The fraction of sp³-hybridized carbons (Fsp3) is 0.129. The highest BCUT2D eigenvalue weighted by Crippen LogP contribution is 2.30. The smallest absolute Gasteiger partial charge is 0.265 e. The van der Waals surface area contributed by atoms with Crippen LogP contribution in [0.15, 0.2) is 85.2 Å². The number of nitrogens with two attached hydrogens (primary N) is 1. The Bertz CT molecular complexity index is 1700. The maximum atomic E-state index is 14.1. The van der Waals surface area contributed by atoms with Crippen molar-refractivity contribution in [2.24, 2.45) is 5.84 Å². The van der Waals surface area contributed by atoms with Gasteiger partial charge in [-0.1, -0.05) is 30.3 Å². The van der Waals surface area contributed by atoms with Crippen molar-refractivity contribution >= 4 is 22.7 Å². The molecule has 5 N–H and O–H groups in total. The number of H-pyrrole nitrogens is 1. The summed E-state index contributed by atoms with van der Waals surface area (Å²) in [6, 6.07) is 18.8. The standard InChI is InChI=1S/C31H27F2N5O2/c1-18-5-2-9-26-29(18)22(17-36-26)15-28(39)37-27(13-19-11-23(32)16-24(33)12-19)30-25(8-4-10-35-30)20-6-3-7-21(14-20)31(40)38-34/h2-12,14,16-17,27,36H,13,15,34H2,1H3,(H,37,39)(H,38,40)/t27-/m0/s1. The number of nitrogen functional groups attached to an aromatic ring is 1. The van der Waals surface area contributed by atoms with E-state index in [1.165, 1.54) is 12.1 Å². The van der Waals surface area contributed by atoms with Crippen molar-refractivity contribution < 1.29 is 18.4 Å². The number of aromatic amines is 1. The Balaban J connectivity index is 1.52. The number of carbonyl (C=O) groups is 2. The van der Waals surface area contributed by atoms with Crippen molar-refractivity contribution in [3.8, 4) is 11.1 Å². The second kappa shape index (κ2) is 11.5. The van der Waals surface area contributed by atoms with Gasteiger partial charge in [-0.2, -0.15) is 0 Å². The molecule has 5 rings (SSSR count). The highest BCUT2D eigenvalue weighted by Gasteiger charge is 2.23. The molecule has 0 saturated carbocycles. The molecule has 0 bridgehead atoms. The maximum Gasteiger partial charge on any atom is 0.265 e. The van der Waals surface area contributed by atoms with E-state index in [1.54, 1.807) is 30.5 Å². The molecule has 9 heteroatoms. The van der Waals surface area contributed by atoms with E-state index in [0.717, 1.165) is 28.1 Å². The van der Waals surface area contributed by atoms with Crippen molar-refractivity contribution in [1.82, 2.24) is 20.7 Å². The molecule has 0 saturated heterocycles. The fourth-order valence-corrected chi connectivity index (χ4v) is 5.04. The molecule has 0 aliphatic carbocycles. The van der Waals surface area contributed by atoms with Gasteiger partial charge in [-0.25, -0.2) is 14.6 Å². The normalized spacial score (nSPS) is 11.8. The predicted octanol–water partition coefficient (Wildman–Crippen LogP) is 5.06. The molecule has 0 aliphatic rings. The maximum absolute atomic E-state index is 14.1. The molecule has 0 spiro atoms. The third-order valence-corrected chi connectivity index (χ3v) is 6.78. The quantitative estimate of drug-likeness (QED) is 0.125. The molecule has 2 amide bonds. The number of aryl methyl sites for hydroxylation is 1. The first kappa shape index (κ1) is 26.7. The van der Waals surface area contributed by atoms with Crippen LogP contribution in [0.3, 0.4) is 0 Å². The van der Waals surface area contributed by atoms with Gasteiger partial charge in [0.05, 0.1) is 18.2 Å². The SMILES string of the molecule is Cc1cccc2[nH]cc(CC(=O)N[C@@H](Cc3cc(F)cc(F)c3)c3ncccc3-c3cccc(C(=O)NN)c3)c12. The van der Waals surface area contributed by atoms with Gasteiger partial charge in [0, 0.05) is 40.5 Å². The number of aromatic nitrogens is 2. The van der Waals surface area contributed by atoms with Gasteiger partial charge in [0.15, 0.2) is 0 Å². The molecular formula is C31H27F2N5O2. The van der Waals surface area contributed by atoms with Gasteiger partial charge in [0.2, 0.25) is 5.91 Å². The number of nitrogens with one attached hydrogen (secondary N) is 3. The molecule has 0 unspecified atom stereocenters. The van der Waals surface area contributed by atoms with Gasteiger partial charge in [-0.3, -0.25) is 20.0 Å². The molecule has 0 radical (unpaired) electrons. The number of fused-ring (bicyclic) bond motifs is 1. The van der Waals surface area contributed by atoms with Crippen molar-refractivity contribution in [2.45, 2.75) is 25.8 Å². The molecule has 2 aromatic heterocycles. The minimum Gasteiger partial charge on any atom is -0.361 e. The molecule has 5 aromatic rings. The third-order valence-electron chi connectivity index (χ3n) is 6.78. The van der Waals surface area contributed by atoms with Crippen LogP contribution in [0.4, 0.5) is 8.78 Å². The van der Waals surface area contributed by atoms with Crippen LogP contribution >= 0.6 is 0 Å². The van der Waals surface area contributed by atoms with E-state index in [-0.39, 0.29) is 18.7 Å². The van der Waals surface area contributed by atoms with E-state index in [9.17, 15) is 18.4 Å². The first-order valence-corrected chi connectivity index (χ1v) is 12.7. The van der Waals surface area contributed by atoms with Crippen LogP contribution in [-0.4, -0.2) is 21.8 Å². The van der Waals surface area contributed by atoms with Gasteiger partial charge in [0.25, 0.3) is 5.91 Å². The van der Waals surface area contributed by atoms with E-state index in [0.29, 0.717) is 27.9 Å². The number of hydrogen-bond acceptors (Lipinski definition) is 4. The van der Waals surface area contributed by atoms with E-state index < -0.39 is 23.6 Å². The molecule has 7 nitrogen and oxygen atoms in total. The molecule has 0 fully saturated rings. The van der Waals surface area contributed by atoms with Crippen molar-refractivity contribution in [3.05, 3.63) is 125 Å². The number of hydrogen-bond donors (Lipinski definition) is 4. The Morgan fingerprint density at radius 3 is 2.55 bits per heavy atom. The van der Waals surface area contributed by atoms with Gasteiger partial charge in [0.1, 0.15) is 11.6 Å². The zero-order valence-electron chi connectivity index (χ0n) is 21.7. The fourth-order valence-electron chi connectivity index (χ4n) is 5.04. The number of hydrazine groups is 1. The zero-order chi connectivity index (χ0) is 28.2. The second-order valence-corrected chi connectivity index (χ2v) is 9.58. The largest absolute Gasteiger partial charge is 0.361 e. The first-order valence-electron chi connectivity index (χ1n) is 12.7. The van der Waals surface area contributed by atoms with E-state index in [2.05, 4.69) is 20.7 Å². The van der Waals surface area contributed by atoms with Gasteiger partial charge in [-0.15, -0.1) is 0 Å². The van der Waals surface area contributed by atoms with Crippen LogP contribution in [0.1, 0.15) is 38.8 Å². The predicted molar refractivity (Wildman–Crippen MR) is 149 cm³/mol. The van der Waals surface area contributed by atoms with Crippen LogP contribution in [0.5, 0.6) is 0 Å². The summed E-state index contributed by atoms with van der Waals surface area (Å²) < 4.78 is 28.2. The number of benzene rings is 3. The van der Waals surface area contributed by atoms with E-state index in [1.807, 2.05) is 43.5 Å². The summed E-state index contributed by atoms with van der Waals surface area (Å²) in [5.41, 5.74) is 7.44. The summed E-state index contributed by atoms with van der Waals surface area (Å²) in [4.78, 5) is 33.4. The minimum atomic E-state index is -0.733. The summed E-state index contributed by atoms with van der Waals surface area (Å²) in [6.45, 7) is 1.98. The van der Waals surface area contributed by atoms with Crippen LogP contribution in [0.25, 0.3) is 22.0 Å². The summed E-state index contributed by atoms with van der Waals surface area (Å²) in [5, 5.41) is 4.02. The third kappa shape index (κ3) is 5.74. The first-order chi connectivity index (χ1) is 19.3. The lowest BCUT2D eigenvalue weighted by atomic mass is 9.94. The Kier molecular flexibility index (Phi) is 7.65. The van der Waals surface area contributed by atoms with Crippen molar-refractivity contribution in [3.63, 3.8) is 0 Å². The molecule has 3 aromatic carbocycles. The van der Waals surface area contributed by atoms with E-state index in [4.69, 9.17) is 5.84 Å². The van der Waals surface area contributed by atoms with Gasteiger partial charge >= 0.3 is 0 Å². The number of pyridine rings is 1. The molecule has 202 valence electrons. The Labute approximate surface area is 229 Å². The monoisotopic (exact) mass is 539 g/mol. The lowest BCUT2D eigenvalue weighted by Gasteiger charge is -2.22. The number of carbonyl (C=O) groups excluding carboxylic acids is 2. The summed E-state index contributed by atoms with van der Waals surface area (Å²) in [5.74, 6) is 3.15. The van der Waals surface area contributed by atoms with Gasteiger partial charge in [-0.05, 0) is 72.0 Å². The van der Waals surface area contributed by atoms with Crippen molar-refractivity contribution in [2.75, 3.05) is 0 Å². The average molecular weight is 540 g/mol. The lowest BCUT2D eigenvalue weighted by Crippen LogP contribution is -2.32. The Morgan fingerprint density at radius 1 is 1.00 bits per heavy atom. The molecule has 1 atom stereocenters. The van der Waals surface area contributed by atoms with Crippen LogP contribution in [-0.2, 0) is 17.6 Å². The molecule has 40 heavy (non-hydrogen) atoms. The van der Waals surface area contributed by atoms with Crippen LogP contribution in [0, 0.1) is 18.6 Å². The average Bonchev–Trinajstić information content (AvgIpc) is 3.35. The van der Waals surface area contributed by atoms with Crippen molar-refractivity contribution in [1.29, 1.82) is 0 Å². The molecular weight excluding hydrogens is 512 g/mol. The second-order valence-electron chi connectivity index (χ2n) is 9.58. The summed E-state index contributed by atoms with van der Waals surface area (Å²) in [7, 11) is 0. The Hall–Kier alpha value is -4.89. The molecule has 2 heterocycles. The number of amides is 2. The zero-order valence-corrected chi connectivity index (χ0v) is 21.7. The minimum absolute atomic E-state index is 0.0837. The highest BCUT2D eigenvalue weighted by molar-refractivity contribution is 5.95.